The number of halogens is 1. The molecule has 2 aliphatic rings. The van der Waals surface area contributed by atoms with Crippen LogP contribution in [0.25, 0.3) is 11.0 Å². The van der Waals surface area contributed by atoms with Crippen LogP contribution in [0.15, 0.2) is 35.6 Å². The van der Waals surface area contributed by atoms with E-state index in [1.807, 2.05) is 24.3 Å². The van der Waals surface area contributed by atoms with E-state index in [0.29, 0.717) is 31.6 Å². The number of amides is 2. The van der Waals surface area contributed by atoms with Gasteiger partial charge in [-0.05, 0) is 40.9 Å². The van der Waals surface area contributed by atoms with Crippen LogP contribution in [0.1, 0.15) is 25.0 Å². The Morgan fingerprint density at radius 2 is 2.14 bits per heavy atom. The second-order valence-electron chi connectivity index (χ2n) is 6.90. The van der Waals surface area contributed by atoms with Crippen molar-refractivity contribution in [1.82, 2.24) is 20.2 Å². The highest BCUT2D eigenvalue weighted by Crippen LogP contribution is 2.20. The molecule has 0 spiro atoms. The van der Waals surface area contributed by atoms with Crippen LogP contribution in [0.3, 0.4) is 0 Å². The fraction of sp³-hybridized carbons (Fsp3) is 0.421. The number of carbonyl (C=O) groups is 2. The first kappa shape index (κ1) is 19.6. The van der Waals surface area contributed by atoms with Crippen molar-refractivity contribution < 1.29 is 19.2 Å². The Balaban J connectivity index is 1.30. The van der Waals surface area contributed by atoms with Crippen molar-refractivity contribution in [2.45, 2.75) is 38.0 Å². The van der Waals surface area contributed by atoms with E-state index >= 15 is 0 Å². The van der Waals surface area contributed by atoms with Crippen molar-refractivity contribution in [2.24, 2.45) is 5.16 Å². The fourth-order valence-corrected chi connectivity index (χ4v) is 3.82. The van der Waals surface area contributed by atoms with Gasteiger partial charge in [-0.15, -0.1) is 0 Å². The van der Waals surface area contributed by atoms with E-state index in [4.69, 9.17) is 9.57 Å². The van der Waals surface area contributed by atoms with E-state index in [1.165, 1.54) is 4.90 Å². The second kappa shape index (κ2) is 8.73. The zero-order valence-corrected chi connectivity index (χ0v) is 17.2. The Hall–Kier alpha value is -2.75. The van der Waals surface area contributed by atoms with E-state index in [9.17, 15) is 9.59 Å². The smallest absolute Gasteiger partial charge is 0.410 e. The molecule has 0 aliphatic carbocycles. The van der Waals surface area contributed by atoms with Crippen molar-refractivity contribution in [2.75, 3.05) is 13.1 Å². The first-order chi connectivity index (χ1) is 14.1. The largest absolute Gasteiger partial charge is 0.443 e. The average molecular weight is 462 g/mol. The summed E-state index contributed by atoms with van der Waals surface area (Å²) in [7, 11) is 0. The summed E-state index contributed by atoms with van der Waals surface area (Å²) >= 11 is 3.26. The zero-order valence-electron chi connectivity index (χ0n) is 15.6. The Morgan fingerprint density at radius 1 is 1.31 bits per heavy atom. The molecular formula is C19H20BrN5O4. The number of rotatable bonds is 5. The molecule has 29 heavy (non-hydrogen) atoms. The fourth-order valence-electron chi connectivity index (χ4n) is 3.38. The lowest BCUT2D eigenvalue weighted by Gasteiger charge is -2.23. The Labute approximate surface area is 175 Å². The van der Waals surface area contributed by atoms with Crippen molar-refractivity contribution in [3.05, 3.63) is 36.2 Å². The van der Waals surface area contributed by atoms with Gasteiger partial charge in [0.1, 0.15) is 17.3 Å². The quantitative estimate of drug-likeness (QED) is 0.732. The van der Waals surface area contributed by atoms with Gasteiger partial charge < -0.3 is 14.9 Å². The summed E-state index contributed by atoms with van der Waals surface area (Å²) in [6.07, 6.45) is 2.83. The van der Waals surface area contributed by atoms with Crippen LogP contribution in [0.5, 0.6) is 0 Å². The average Bonchev–Trinajstić information content (AvgIpc) is 3.39. The van der Waals surface area contributed by atoms with Gasteiger partial charge in [-0.2, -0.15) is 0 Å². The summed E-state index contributed by atoms with van der Waals surface area (Å²) in [6, 6.07) is 6.94. The minimum Gasteiger partial charge on any atom is -0.443 e. The van der Waals surface area contributed by atoms with Crippen molar-refractivity contribution in [1.29, 1.82) is 0 Å². The first-order valence-corrected chi connectivity index (χ1v) is 10.2. The van der Waals surface area contributed by atoms with E-state index < -0.39 is 12.1 Å². The highest BCUT2D eigenvalue weighted by Gasteiger charge is 2.35. The third-order valence-electron chi connectivity index (χ3n) is 4.83. The van der Waals surface area contributed by atoms with Crippen LogP contribution in [0, 0.1) is 0 Å². The van der Waals surface area contributed by atoms with E-state index in [-0.39, 0.29) is 18.6 Å². The van der Waals surface area contributed by atoms with Gasteiger partial charge in [-0.3, -0.25) is 14.7 Å². The standard InChI is InChI=1S/C19H20BrN5O4/c20-17-8-13(29-24-17)10-22-18(26)16-6-3-7-25(16)19(27)28-11-12-9-21-14-4-1-2-5-15(14)23-12/h1-2,4-5,9,13,16H,3,6-8,10-11H2,(H,22,26)/t13-,16-/m0/s1. The maximum Gasteiger partial charge on any atom is 0.410 e. The molecule has 0 bridgehead atoms. The summed E-state index contributed by atoms with van der Waals surface area (Å²) in [6.45, 7) is 0.821. The van der Waals surface area contributed by atoms with Crippen LogP contribution in [-0.2, 0) is 21.0 Å². The van der Waals surface area contributed by atoms with E-state index in [2.05, 4.69) is 36.4 Å². The highest BCUT2D eigenvalue weighted by molar-refractivity contribution is 9.18. The predicted octanol–water partition coefficient (Wildman–Crippen LogP) is 2.34. The zero-order chi connectivity index (χ0) is 20.2. The molecule has 0 saturated carbocycles. The first-order valence-electron chi connectivity index (χ1n) is 9.40. The number of nitrogens with zero attached hydrogens (tertiary/aromatic N) is 4. The number of fused-ring (bicyclic) bond motifs is 1. The Morgan fingerprint density at radius 3 is 2.93 bits per heavy atom. The summed E-state index contributed by atoms with van der Waals surface area (Å²) < 4.78 is 6.11. The molecule has 2 aliphatic heterocycles. The molecule has 152 valence electrons. The van der Waals surface area contributed by atoms with Crippen LogP contribution in [-0.4, -0.2) is 56.7 Å². The number of aromatic nitrogens is 2. The van der Waals surface area contributed by atoms with Gasteiger partial charge in [0.15, 0.2) is 6.10 Å². The molecule has 1 saturated heterocycles. The maximum atomic E-state index is 12.5. The van der Waals surface area contributed by atoms with Crippen LogP contribution < -0.4 is 5.32 Å². The van der Waals surface area contributed by atoms with Gasteiger partial charge in [-0.1, -0.05) is 17.3 Å². The van der Waals surface area contributed by atoms with Crippen LogP contribution in [0.2, 0.25) is 0 Å². The molecule has 2 amide bonds. The summed E-state index contributed by atoms with van der Waals surface area (Å²) in [5, 5.41) is 6.63. The summed E-state index contributed by atoms with van der Waals surface area (Å²) in [5.74, 6) is -0.212. The number of ether oxygens (including phenoxy) is 1. The molecule has 1 fully saturated rings. The molecule has 4 rings (SSSR count). The number of likely N-dealkylation sites (tertiary alicyclic amines) is 1. The van der Waals surface area contributed by atoms with Gasteiger partial charge in [0.25, 0.3) is 0 Å². The number of hydrogen-bond donors (Lipinski definition) is 1. The molecule has 3 heterocycles. The lowest BCUT2D eigenvalue weighted by molar-refractivity contribution is -0.125. The lowest BCUT2D eigenvalue weighted by atomic mass is 10.2. The number of benzene rings is 1. The minimum atomic E-state index is -0.545. The monoisotopic (exact) mass is 461 g/mol. The topological polar surface area (TPSA) is 106 Å². The number of nitrogens with one attached hydrogen (secondary N) is 1. The molecule has 1 N–H and O–H groups in total. The normalized spacial score (nSPS) is 21.0. The molecule has 1 aromatic carbocycles. The molecule has 0 radical (unpaired) electrons. The molecule has 9 nitrogen and oxygen atoms in total. The number of oxime groups is 1. The van der Waals surface area contributed by atoms with Gasteiger partial charge >= 0.3 is 6.09 Å². The predicted molar refractivity (Wildman–Crippen MR) is 108 cm³/mol. The minimum absolute atomic E-state index is 0.00276. The number of hydrogen-bond acceptors (Lipinski definition) is 7. The van der Waals surface area contributed by atoms with Crippen molar-refractivity contribution in [3.8, 4) is 0 Å². The SMILES string of the molecule is O=C(NC[C@@H]1CC(Br)=NO1)[C@@H]1CCCN1C(=O)OCc1cnc2ccccc2n1. The maximum absolute atomic E-state index is 12.5. The molecular weight excluding hydrogens is 442 g/mol. The van der Waals surface area contributed by atoms with Crippen LogP contribution >= 0.6 is 15.9 Å². The van der Waals surface area contributed by atoms with Gasteiger partial charge in [0.2, 0.25) is 5.91 Å². The Bertz CT molecular complexity index is 953. The summed E-state index contributed by atoms with van der Waals surface area (Å²) in [4.78, 5) is 40.5. The van der Waals surface area contributed by atoms with E-state index in [0.717, 1.165) is 22.1 Å². The second-order valence-corrected chi connectivity index (χ2v) is 7.82. The Kier molecular flexibility index (Phi) is 5.89. The van der Waals surface area contributed by atoms with E-state index in [1.54, 1.807) is 6.20 Å². The van der Waals surface area contributed by atoms with Gasteiger partial charge in [0, 0.05) is 13.0 Å². The van der Waals surface area contributed by atoms with Crippen molar-refractivity contribution in [3.63, 3.8) is 0 Å². The number of carbonyl (C=O) groups excluding carboxylic acids is 2. The summed E-state index contributed by atoms with van der Waals surface area (Å²) in [5.41, 5.74) is 2.08. The van der Waals surface area contributed by atoms with Crippen molar-refractivity contribution >= 4 is 43.6 Å². The third-order valence-corrected chi connectivity index (χ3v) is 5.30. The van der Waals surface area contributed by atoms with Gasteiger partial charge in [-0.25, -0.2) is 9.78 Å². The molecule has 1 aromatic heterocycles. The molecule has 2 aromatic rings. The third kappa shape index (κ3) is 4.64. The van der Waals surface area contributed by atoms with Gasteiger partial charge in [0.05, 0.1) is 29.5 Å². The van der Waals surface area contributed by atoms with Crippen LogP contribution in [0.4, 0.5) is 4.79 Å². The molecule has 0 unspecified atom stereocenters. The highest BCUT2D eigenvalue weighted by atomic mass is 79.9. The molecule has 2 atom stereocenters. The lowest BCUT2D eigenvalue weighted by Crippen LogP contribution is -2.47. The molecule has 10 heteroatoms. The number of para-hydroxylation sites is 2.